The Balaban J connectivity index is 2.62. The minimum absolute atomic E-state index is 0.250. The number of hydrogen-bond acceptors (Lipinski definition) is 18. The number of Topliss-reactive ketones (excluding diaryl/α,β-unsaturated/α-hetero) is 2. The van der Waals surface area contributed by atoms with Gasteiger partial charge in [-0.25, -0.2) is 28.1 Å². The SMILES string of the molecule is CC(C)C(=O)[C@@H](CS)OP(=O)(OC[C@H]1S[C@@H](n2ccc(N(C(=O)OC(C)(C)C)C(=O)OC(C)(C)C)nc2=O)[C@@H](F)[C@@H]1OC(=O)OC(C)(C)C)O[C@H](CS)C(=O)C(C)C. The number of halogens is 1. The van der Waals surface area contributed by atoms with Gasteiger partial charge in [-0.2, -0.15) is 35.1 Å². The smallest absolute Gasteiger partial charge is 0.443 e. The standard InChI is InChI=1S/C36H57FN3O14PS3/c1-19(2)26(41)21(17-56)53-55(47,54-22(18-57)27(42)20(3)4)48-16-23-28(49-33(46)52-36(11,12)13)25(37)29(58-23)39-15-14-24(38-30(39)43)40(31(44)50-34(5,6)7)32(45)51-35(8,9)10/h14-15,19-23,25,28-29,56-57H,16-18H2,1-13H3/t21-,22-,23-,25+,28-,29-/m1/s1. The van der Waals surface area contributed by atoms with E-state index in [0.29, 0.717) is 16.7 Å². The predicted molar refractivity (Wildman–Crippen MR) is 221 cm³/mol. The number of nitrogens with zero attached hydrogens (tertiary/aromatic N) is 3. The zero-order valence-electron chi connectivity index (χ0n) is 35.1. The molecule has 2 amide bonds. The number of anilines is 1. The van der Waals surface area contributed by atoms with Crippen LogP contribution in [0.2, 0.25) is 0 Å². The van der Waals surface area contributed by atoms with Gasteiger partial charge in [0.2, 0.25) is 0 Å². The number of phosphoric acid groups is 1. The van der Waals surface area contributed by atoms with Crippen molar-refractivity contribution in [2.75, 3.05) is 23.0 Å². The van der Waals surface area contributed by atoms with Crippen LogP contribution in [0.25, 0.3) is 0 Å². The number of amides is 2. The van der Waals surface area contributed by atoms with Crippen LogP contribution in [0.1, 0.15) is 95.4 Å². The summed E-state index contributed by atoms with van der Waals surface area (Å²) in [7, 11) is -4.91. The van der Waals surface area contributed by atoms with Crippen LogP contribution in [-0.4, -0.2) is 104 Å². The molecule has 1 aliphatic rings. The van der Waals surface area contributed by atoms with Crippen molar-refractivity contribution in [1.82, 2.24) is 9.55 Å². The molecule has 0 spiro atoms. The average molecular weight is 902 g/mol. The first-order chi connectivity index (χ1) is 26.4. The van der Waals surface area contributed by atoms with E-state index in [-0.39, 0.29) is 11.5 Å². The van der Waals surface area contributed by atoms with Crippen molar-refractivity contribution < 1.29 is 65.4 Å². The highest BCUT2D eigenvalue weighted by Crippen LogP contribution is 2.54. The fourth-order valence-electron chi connectivity index (χ4n) is 4.83. The lowest BCUT2D eigenvalue weighted by Gasteiger charge is -2.28. The number of imide groups is 1. The Morgan fingerprint density at radius 2 is 1.29 bits per heavy atom. The topological polar surface area (TPSA) is 205 Å². The number of carbonyl (C=O) groups excluding carboxylic acids is 5. The van der Waals surface area contributed by atoms with Crippen molar-refractivity contribution in [2.24, 2.45) is 11.8 Å². The number of alkyl halides is 1. The number of aromatic nitrogens is 2. The molecule has 17 nitrogen and oxygen atoms in total. The average Bonchev–Trinajstić information content (AvgIpc) is 3.36. The van der Waals surface area contributed by atoms with Gasteiger partial charge < -0.3 is 18.9 Å². The maximum absolute atomic E-state index is 16.6. The van der Waals surface area contributed by atoms with Gasteiger partial charge in [-0.3, -0.25) is 27.7 Å². The van der Waals surface area contributed by atoms with Gasteiger partial charge in [0.05, 0.1) is 11.9 Å². The van der Waals surface area contributed by atoms with Gasteiger partial charge in [0.15, 0.2) is 29.7 Å². The summed E-state index contributed by atoms with van der Waals surface area (Å²) in [6.07, 6.45) is -9.37. The highest BCUT2D eigenvalue weighted by Gasteiger charge is 2.51. The van der Waals surface area contributed by atoms with Crippen LogP contribution in [0.3, 0.4) is 0 Å². The molecule has 0 aromatic carbocycles. The molecule has 2 heterocycles. The Morgan fingerprint density at radius 1 is 0.845 bits per heavy atom. The van der Waals surface area contributed by atoms with Crippen molar-refractivity contribution in [1.29, 1.82) is 0 Å². The summed E-state index contributed by atoms with van der Waals surface area (Å²) < 4.78 is 70.1. The molecule has 0 unspecified atom stereocenters. The second-order valence-corrected chi connectivity index (χ2v) is 20.4. The molecule has 330 valence electrons. The Morgan fingerprint density at radius 3 is 1.67 bits per heavy atom. The third-order valence-electron chi connectivity index (χ3n) is 7.37. The van der Waals surface area contributed by atoms with E-state index in [4.69, 9.17) is 32.5 Å². The summed E-state index contributed by atoms with van der Waals surface area (Å²) in [5.41, 5.74) is -4.33. The first kappa shape index (κ1) is 51.5. The highest BCUT2D eigenvalue weighted by molar-refractivity contribution is 8.00. The molecule has 1 aliphatic heterocycles. The summed E-state index contributed by atoms with van der Waals surface area (Å²) in [6, 6.07) is 1.08. The van der Waals surface area contributed by atoms with E-state index in [1.54, 1.807) is 90.0 Å². The minimum atomic E-state index is -4.91. The van der Waals surface area contributed by atoms with Gasteiger partial charge >= 0.3 is 31.9 Å². The van der Waals surface area contributed by atoms with Crippen LogP contribution in [0.5, 0.6) is 0 Å². The molecule has 6 atom stereocenters. The third-order valence-corrected chi connectivity index (χ3v) is 11.0. The van der Waals surface area contributed by atoms with E-state index in [1.807, 2.05) is 0 Å². The number of carbonyl (C=O) groups is 5. The molecule has 0 saturated carbocycles. The third kappa shape index (κ3) is 15.4. The monoisotopic (exact) mass is 901 g/mol. The van der Waals surface area contributed by atoms with Crippen LogP contribution in [0, 0.1) is 11.8 Å². The molecule has 1 saturated heterocycles. The number of ketones is 2. The molecular weight excluding hydrogens is 845 g/mol. The summed E-state index contributed by atoms with van der Waals surface area (Å²) in [5, 5.41) is -2.78. The molecular formula is C36H57FN3O14PS3. The molecule has 1 fully saturated rings. The van der Waals surface area contributed by atoms with Crippen LogP contribution in [0.15, 0.2) is 17.1 Å². The van der Waals surface area contributed by atoms with E-state index < -0.39 is 120 Å². The van der Waals surface area contributed by atoms with Gasteiger partial charge in [0.1, 0.15) is 34.4 Å². The molecule has 0 radical (unpaired) electrons. The number of hydrogen-bond donors (Lipinski definition) is 2. The van der Waals surface area contributed by atoms with Gasteiger partial charge in [-0.1, -0.05) is 27.7 Å². The fraction of sp³-hybridized carbons (Fsp3) is 0.750. The van der Waals surface area contributed by atoms with Crippen molar-refractivity contribution in [2.45, 2.75) is 142 Å². The van der Waals surface area contributed by atoms with Gasteiger partial charge in [-0.15, -0.1) is 11.8 Å². The zero-order valence-corrected chi connectivity index (χ0v) is 38.6. The quantitative estimate of drug-likeness (QED) is 0.0718. The second-order valence-electron chi connectivity index (χ2n) is 16.7. The van der Waals surface area contributed by atoms with Crippen LogP contribution < -0.4 is 10.6 Å². The summed E-state index contributed by atoms with van der Waals surface area (Å²) in [5.74, 6) is -3.18. The van der Waals surface area contributed by atoms with E-state index in [1.165, 1.54) is 0 Å². The lowest BCUT2D eigenvalue weighted by atomic mass is 10.1. The maximum Gasteiger partial charge on any atom is 0.509 e. The lowest BCUT2D eigenvalue weighted by Crippen LogP contribution is -2.45. The van der Waals surface area contributed by atoms with E-state index in [2.05, 4.69) is 30.2 Å². The highest BCUT2D eigenvalue weighted by atomic mass is 32.2. The molecule has 58 heavy (non-hydrogen) atoms. The van der Waals surface area contributed by atoms with Crippen molar-refractivity contribution in [3.63, 3.8) is 0 Å². The predicted octanol–water partition coefficient (Wildman–Crippen LogP) is 7.40. The van der Waals surface area contributed by atoms with Gasteiger partial charge in [0, 0.05) is 29.5 Å². The Labute approximate surface area is 353 Å². The molecule has 1 aromatic heterocycles. The van der Waals surface area contributed by atoms with E-state index in [0.717, 1.165) is 16.8 Å². The fourth-order valence-corrected chi connectivity index (χ4v) is 8.63. The molecule has 0 N–H and O–H groups in total. The van der Waals surface area contributed by atoms with Crippen molar-refractivity contribution in [3.05, 3.63) is 22.7 Å². The van der Waals surface area contributed by atoms with Crippen molar-refractivity contribution >= 4 is 80.6 Å². The first-order valence-electron chi connectivity index (χ1n) is 18.4. The normalized spacial score (nSPS) is 20.0. The number of rotatable bonds is 16. The molecule has 2 rings (SSSR count). The van der Waals surface area contributed by atoms with E-state index in [9.17, 15) is 33.3 Å². The number of thiol groups is 2. The lowest BCUT2D eigenvalue weighted by molar-refractivity contribution is -0.131. The molecule has 0 bridgehead atoms. The number of phosphoric ester groups is 1. The van der Waals surface area contributed by atoms with Crippen LogP contribution >= 0.6 is 44.8 Å². The number of ether oxygens (including phenoxy) is 4. The molecule has 22 heteroatoms. The van der Waals surface area contributed by atoms with Gasteiger partial charge in [0.25, 0.3) is 0 Å². The summed E-state index contributed by atoms with van der Waals surface area (Å²) in [4.78, 5) is 83.0. The Kier molecular flexibility index (Phi) is 18.4. The van der Waals surface area contributed by atoms with Crippen LogP contribution in [-0.2, 0) is 46.7 Å². The van der Waals surface area contributed by atoms with Crippen LogP contribution in [0.4, 0.5) is 24.6 Å². The Bertz CT molecular complexity index is 1680. The minimum Gasteiger partial charge on any atom is -0.443 e. The second kappa shape index (κ2) is 20.7. The number of thioether (sulfide) groups is 1. The molecule has 1 aromatic rings. The summed E-state index contributed by atoms with van der Waals surface area (Å²) in [6.45, 7) is 19.6. The van der Waals surface area contributed by atoms with Crippen molar-refractivity contribution in [3.8, 4) is 0 Å². The largest absolute Gasteiger partial charge is 0.509 e. The molecule has 0 aliphatic carbocycles. The first-order valence-corrected chi connectivity index (χ1v) is 22.0. The zero-order chi connectivity index (χ0) is 44.7. The van der Waals surface area contributed by atoms with E-state index >= 15 is 4.39 Å². The maximum atomic E-state index is 16.6. The Hall–Kier alpha value is -2.68. The van der Waals surface area contributed by atoms with Gasteiger partial charge in [-0.05, 0) is 68.4 Å². The summed E-state index contributed by atoms with van der Waals surface area (Å²) >= 11 is 9.03.